The maximum atomic E-state index is 13.3. The number of aromatic nitrogens is 2. The lowest BCUT2D eigenvalue weighted by Gasteiger charge is -2.13. The maximum Gasteiger partial charge on any atom is 0.336 e. The van der Waals surface area contributed by atoms with E-state index in [4.69, 9.17) is 0 Å². The number of rotatable bonds is 7. The van der Waals surface area contributed by atoms with Crippen LogP contribution in [0.25, 0.3) is 16.8 Å². The van der Waals surface area contributed by atoms with Gasteiger partial charge in [0.1, 0.15) is 0 Å². The predicted octanol–water partition coefficient (Wildman–Crippen LogP) is 5.57. The maximum absolute atomic E-state index is 13.3. The molecule has 3 aromatic carbocycles. The van der Waals surface area contributed by atoms with Gasteiger partial charge in [-0.15, -0.1) is 0 Å². The normalized spacial score (nSPS) is 11.9. The van der Waals surface area contributed by atoms with Crippen LogP contribution in [0.3, 0.4) is 0 Å². The van der Waals surface area contributed by atoms with Gasteiger partial charge in [-0.1, -0.05) is 74.5 Å². The van der Waals surface area contributed by atoms with Gasteiger partial charge in [-0.2, -0.15) is 0 Å². The van der Waals surface area contributed by atoms with Gasteiger partial charge in [-0.05, 0) is 47.2 Å². The third-order valence-electron chi connectivity index (χ3n) is 5.92. The molecule has 0 saturated carbocycles. The van der Waals surface area contributed by atoms with E-state index in [9.17, 15) is 14.7 Å². The molecular formula is C27H26N2O3. The third-order valence-corrected chi connectivity index (χ3v) is 5.92. The Morgan fingerprint density at radius 2 is 1.59 bits per heavy atom. The Labute approximate surface area is 187 Å². The fourth-order valence-electron chi connectivity index (χ4n) is 3.93. The van der Waals surface area contributed by atoms with Crippen LogP contribution >= 0.6 is 0 Å². The SMILES string of the molecule is CCC(C)c1cn(-c2ccccc2)c(=O)n1Cc1ccc(-c2ccccc2C(=O)O)cc1. The number of benzene rings is 3. The molecule has 1 aromatic heterocycles. The Morgan fingerprint density at radius 3 is 2.25 bits per heavy atom. The quantitative estimate of drug-likeness (QED) is 0.420. The molecule has 0 fully saturated rings. The molecule has 0 amide bonds. The highest BCUT2D eigenvalue weighted by atomic mass is 16.4. The number of hydrogen-bond donors (Lipinski definition) is 1. The summed E-state index contributed by atoms with van der Waals surface area (Å²) in [5.74, 6) is -0.703. The molecule has 0 spiro atoms. The van der Waals surface area contributed by atoms with Gasteiger partial charge in [0, 0.05) is 11.9 Å². The molecule has 5 heteroatoms. The minimum Gasteiger partial charge on any atom is -0.478 e. The van der Waals surface area contributed by atoms with E-state index in [0.29, 0.717) is 12.1 Å². The molecule has 4 rings (SSSR count). The molecule has 1 unspecified atom stereocenters. The third kappa shape index (κ3) is 4.14. The first-order valence-corrected chi connectivity index (χ1v) is 10.8. The predicted molar refractivity (Wildman–Crippen MR) is 127 cm³/mol. The summed E-state index contributed by atoms with van der Waals surface area (Å²) in [6.45, 7) is 4.71. The number of aromatic carboxylic acids is 1. The van der Waals surface area contributed by atoms with E-state index in [0.717, 1.165) is 28.9 Å². The first-order valence-electron chi connectivity index (χ1n) is 10.8. The largest absolute Gasteiger partial charge is 0.478 e. The molecule has 4 aromatic rings. The lowest BCUT2D eigenvalue weighted by Crippen LogP contribution is -2.25. The van der Waals surface area contributed by atoms with Gasteiger partial charge in [0.15, 0.2) is 0 Å². The minimum atomic E-state index is -0.948. The Kier molecular flexibility index (Phi) is 6.08. The number of carbonyl (C=O) groups is 1. The molecule has 0 aliphatic rings. The summed E-state index contributed by atoms with van der Waals surface area (Å²) in [5, 5.41) is 9.47. The molecule has 1 heterocycles. The smallest absolute Gasteiger partial charge is 0.336 e. The highest BCUT2D eigenvalue weighted by Gasteiger charge is 2.17. The van der Waals surface area contributed by atoms with Gasteiger partial charge < -0.3 is 5.11 Å². The molecule has 1 N–H and O–H groups in total. The summed E-state index contributed by atoms with van der Waals surface area (Å²) in [5.41, 5.74) is 4.56. The molecular weight excluding hydrogens is 400 g/mol. The van der Waals surface area contributed by atoms with Crippen molar-refractivity contribution in [1.82, 2.24) is 9.13 Å². The molecule has 0 bridgehead atoms. The molecule has 1 atom stereocenters. The monoisotopic (exact) mass is 426 g/mol. The Balaban J connectivity index is 1.70. The molecule has 5 nitrogen and oxygen atoms in total. The summed E-state index contributed by atoms with van der Waals surface area (Å²) < 4.78 is 3.54. The fraction of sp³-hybridized carbons (Fsp3) is 0.185. The van der Waals surface area contributed by atoms with Gasteiger partial charge in [-0.25, -0.2) is 9.59 Å². The summed E-state index contributed by atoms with van der Waals surface area (Å²) in [4.78, 5) is 24.8. The van der Waals surface area contributed by atoms with Gasteiger partial charge >= 0.3 is 11.7 Å². The van der Waals surface area contributed by atoms with Crippen LogP contribution < -0.4 is 5.69 Å². The van der Waals surface area contributed by atoms with E-state index in [2.05, 4.69) is 13.8 Å². The average molecular weight is 427 g/mol. The summed E-state index contributed by atoms with van der Waals surface area (Å²) >= 11 is 0. The second-order valence-corrected chi connectivity index (χ2v) is 7.99. The van der Waals surface area contributed by atoms with Crippen molar-refractivity contribution >= 4 is 5.97 Å². The van der Waals surface area contributed by atoms with Crippen molar-refractivity contribution in [3.05, 3.63) is 112 Å². The fourth-order valence-corrected chi connectivity index (χ4v) is 3.93. The summed E-state index contributed by atoms with van der Waals surface area (Å²) in [6, 6.07) is 24.4. The topological polar surface area (TPSA) is 64.2 Å². The number of imidazole rings is 1. The Hall–Kier alpha value is -3.86. The van der Waals surface area contributed by atoms with E-state index in [1.54, 1.807) is 16.7 Å². The van der Waals surface area contributed by atoms with Crippen molar-refractivity contribution < 1.29 is 9.90 Å². The van der Waals surface area contributed by atoms with Crippen LogP contribution in [0.5, 0.6) is 0 Å². The van der Waals surface area contributed by atoms with E-state index in [1.807, 2.05) is 77.5 Å². The molecule has 0 aliphatic heterocycles. The summed E-state index contributed by atoms with van der Waals surface area (Å²) in [6.07, 6.45) is 2.88. The molecule has 0 radical (unpaired) electrons. The average Bonchev–Trinajstić information content (AvgIpc) is 3.15. The van der Waals surface area contributed by atoms with Crippen LogP contribution in [0.15, 0.2) is 89.9 Å². The van der Waals surface area contributed by atoms with E-state index >= 15 is 0 Å². The second-order valence-electron chi connectivity index (χ2n) is 7.99. The van der Waals surface area contributed by atoms with Crippen molar-refractivity contribution in [2.45, 2.75) is 32.7 Å². The number of hydrogen-bond acceptors (Lipinski definition) is 2. The van der Waals surface area contributed by atoms with Crippen LogP contribution in [0.1, 0.15) is 47.8 Å². The van der Waals surface area contributed by atoms with Crippen molar-refractivity contribution in [3.8, 4) is 16.8 Å². The highest BCUT2D eigenvalue weighted by Crippen LogP contribution is 2.25. The van der Waals surface area contributed by atoms with Crippen LogP contribution in [0.2, 0.25) is 0 Å². The van der Waals surface area contributed by atoms with Crippen molar-refractivity contribution in [2.24, 2.45) is 0 Å². The van der Waals surface area contributed by atoms with Crippen LogP contribution in [-0.4, -0.2) is 20.2 Å². The van der Waals surface area contributed by atoms with Crippen LogP contribution in [0.4, 0.5) is 0 Å². The lowest BCUT2D eigenvalue weighted by atomic mass is 9.98. The molecule has 162 valence electrons. The van der Waals surface area contributed by atoms with Crippen molar-refractivity contribution in [3.63, 3.8) is 0 Å². The van der Waals surface area contributed by atoms with Gasteiger partial charge in [-0.3, -0.25) is 9.13 Å². The highest BCUT2D eigenvalue weighted by molar-refractivity contribution is 5.95. The van der Waals surface area contributed by atoms with Crippen molar-refractivity contribution in [1.29, 1.82) is 0 Å². The second kappa shape index (κ2) is 9.10. The Morgan fingerprint density at radius 1 is 0.938 bits per heavy atom. The van der Waals surface area contributed by atoms with Gasteiger partial charge in [0.2, 0.25) is 0 Å². The molecule has 0 aliphatic carbocycles. The van der Waals surface area contributed by atoms with Crippen molar-refractivity contribution in [2.75, 3.05) is 0 Å². The summed E-state index contributed by atoms with van der Waals surface area (Å²) in [7, 11) is 0. The number of nitrogens with zero attached hydrogens (tertiary/aromatic N) is 2. The zero-order valence-corrected chi connectivity index (χ0v) is 18.2. The Bertz CT molecular complexity index is 1280. The lowest BCUT2D eigenvalue weighted by molar-refractivity contribution is 0.0697. The zero-order chi connectivity index (χ0) is 22.7. The molecule has 0 saturated heterocycles. The first-order chi connectivity index (χ1) is 15.5. The van der Waals surface area contributed by atoms with E-state index in [-0.39, 0.29) is 17.2 Å². The zero-order valence-electron chi connectivity index (χ0n) is 18.2. The standard InChI is InChI=1S/C27H26N2O3/c1-3-19(2)25-18-28(22-9-5-4-6-10-22)27(32)29(25)17-20-13-15-21(16-14-20)23-11-7-8-12-24(23)26(30)31/h4-16,18-19H,3,17H2,1-2H3,(H,30,31). The van der Waals surface area contributed by atoms with Crippen LogP contribution in [0, 0.1) is 0 Å². The number of carboxylic acid groups (broad SMARTS) is 1. The van der Waals surface area contributed by atoms with Gasteiger partial charge in [0.05, 0.1) is 17.8 Å². The van der Waals surface area contributed by atoms with Crippen LogP contribution in [-0.2, 0) is 6.54 Å². The van der Waals surface area contributed by atoms with Gasteiger partial charge in [0.25, 0.3) is 0 Å². The van der Waals surface area contributed by atoms with E-state index < -0.39 is 5.97 Å². The molecule has 32 heavy (non-hydrogen) atoms. The minimum absolute atomic E-state index is 0.0631. The number of carboxylic acids is 1. The number of para-hydroxylation sites is 1. The first kappa shape index (κ1) is 21.4. The van der Waals surface area contributed by atoms with E-state index in [1.165, 1.54) is 0 Å².